The van der Waals surface area contributed by atoms with Crippen molar-refractivity contribution in [1.82, 2.24) is 14.9 Å². The number of amides is 2. The Hall–Kier alpha value is -4.83. The number of thiophene rings is 1. The second-order valence-electron chi connectivity index (χ2n) is 8.74. The van der Waals surface area contributed by atoms with Crippen LogP contribution < -0.4 is 21.1 Å². The second kappa shape index (κ2) is 10.9. The van der Waals surface area contributed by atoms with Gasteiger partial charge < -0.3 is 30.4 Å². The molecule has 9 nitrogen and oxygen atoms in total. The number of nitrogens with two attached hydrogens (primary N) is 1. The van der Waals surface area contributed by atoms with E-state index in [1.54, 1.807) is 24.6 Å². The lowest BCUT2D eigenvalue weighted by Gasteiger charge is -2.13. The first-order chi connectivity index (χ1) is 18.9. The van der Waals surface area contributed by atoms with Crippen LogP contribution in [-0.2, 0) is 11.8 Å². The van der Waals surface area contributed by atoms with Crippen LogP contribution in [0.3, 0.4) is 0 Å². The molecule has 39 heavy (non-hydrogen) atoms. The molecule has 0 atom stereocenters. The fraction of sp³-hybridized carbons (Fsp3) is 0.138. The SMILES string of the molecule is COC(=O)NCC=Cc1cnc(N)c2c(-c3ccc(NC(=O)c4cc5ccccc5n4C)c(OC)c3)csc12. The van der Waals surface area contributed by atoms with Gasteiger partial charge in [-0.2, -0.15) is 0 Å². The molecule has 0 aliphatic carbocycles. The molecular weight excluding hydrogens is 514 g/mol. The average molecular weight is 542 g/mol. The second-order valence-corrected chi connectivity index (χ2v) is 9.62. The summed E-state index contributed by atoms with van der Waals surface area (Å²) in [6.07, 6.45) is 4.92. The van der Waals surface area contributed by atoms with Crippen LogP contribution in [0.1, 0.15) is 16.1 Å². The van der Waals surface area contributed by atoms with Gasteiger partial charge in [0, 0.05) is 51.9 Å². The van der Waals surface area contributed by atoms with E-state index in [2.05, 4.69) is 20.4 Å². The third kappa shape index (κ3) is 5.01. The highest BCUT2D eigenvalue weighted by atomic mass is 32.1. The van der Waals surface area contributed by atoms with E-state index in [4.69, 9.17) is 10.5 Å². The van der Waals surface area contributed by atoms with Gasteiger partial charge in [-0.3, -0.25) is 4.79 Å². The van der Waals surface area contributed by atoms with Gasteiger partial charge in [0.1, 0.15) is 17.3 Å². The van der Waals surface area contributed by atoms with Crippen molar-refractivity contribution in [3.8, 4) is 16.9 Å². The maximum absolute atomic E-state index is 13.2. The van der Waals surface area contributed by atoms with E-state index >= 15 is 0 Å². The number of nitrogens with one attached hydrogen (secondary N) is 2. The predicted octanol–water partition coefficient (Wildman–Crippen LogP) is 5.67. The Kier molecular flexibility index (Phi) is 7.20. The number of hydrogen-bond acceptors (Lipinski definition) is 7. The summed E-state index contributed by atoms with van der Waals surface area (Å²) in [7, 11) is 4.76. The zero-order valence-corrected chi connectivity index (χ0v) is 22.5. The highest BCUT2D eigenvalue weighted by Gasteiger charge is 2.18. The van der Waals surface area contributed by atoms with Gasteiger partial charge in [0.2, 0.25) is 0 Å². The summed E-state index contributed by atoms with van der Waals surface area (Å²) < 4.78 is 13.1. The van der Waals surface area contributed by atoms with Crippen molar-refractivity contribution in [2.75, 3.05) is 31.8 Å². The molecule has 3 heterocycles. The Morgan fingerprint density at radius 2 is 1.97 bits per heavy atom. The van der Waals surface area contributed by atoms with Crippen molar-refractivity contribution in [2.24, 2.45) is 7.05 Å². The molecule has 4 N–H and O–H groups in total. The molecule has 3 aromatic heterocycles. The largest absolute Gasteiger partial charge is 0.495 e. The van der Waals surface area contributed by atoms with Gasteiger partial charge in [-0.15, -0.1) is 11.3 Å². The van der Waals surface area contributed by atoms with Gasteiger partial charge >= 0.3 is 6.09 Å². The standard InChI is InChI=1S/C29H27N5O4S/c1-34-22-9-5-4-7-18(22)13-23(34)28(35)33-21-11-10-17(14-24(21)37-2)20-16-39-26-19(15-32-27(30)25(20)26)8-6-12-31-29(36)38-3/h4-11,13-16H,12H2,1-3H3,(H2,30,32)(H,31,36)(H,33,35). The first-order valence-electron chi connectivity index (χ1n) is 12.1. The highest BCUT2D eigenvalue weighted by molar-refractivity contribution is 7.18. The first kappa shape index (κ1) is 25.8. The van der Waals surface area contributed by atoms with Crippen LogP contribution in [0.25, 0.3) is 38.2 Å². The zero-order valence-electron chi connectivity index (χ0n) is 21.6. The number of ether oxygens (including phenoxy) is 2. The number of carbonyl (C=O) groups excluding carboxylic acids is 2. The molecule has 0 aliphatic heterocycles. The molecule has 5 rings (SSSR count). The topological polar surface area (TPSA) is 121 Å². The van der Waals surface area contributed by atoms with Crippen molar-refractivity contribution in [2.45, 2.75) is 0 Å². The van der Waals surface area contributed by atoms with E-state index in [-0.39, 0.29) is 5.91 Å². The van der Waals surface area contributed by atoms with Crippen LogP contribution in [-0.4, -0.2) is 42.3 Å². The molecule has 0 radical (unpaired) electrons. The molecular formula is C29H27N5O4S. The third-order valence-electron chi connectivity index (χ3n) is 6.44. The number of aryl methyl sites for hydroxylation is 1. The number of para-hydroxylation sites is 1. The monoisotopic (exact) mass is 541 g/mol. The minimum Gasteiger partial charge on any atom is -0.495 e. The van der Waals surface area contributed by atoms with Crippen LogP contribution in [0.2, 0.25) is 0 Å². The van der Waals surface area contributed by atoms with Gasteiger partial charge in [-0.05, 0) is 35.2 Å². The van der Waals surface area contributed by atoms with E-state index < -0.39 is 6.09 Å². The minimum absolute atomic E-state index is 0.229. The maximum atomic E-state index is 13.2. The summed E-state index contributed by atoms with van der Waals surface area (Å²) in [6.45, 7) is 0.319. The predicted molar refractivity (Wildman–Crippen MR) is 156 cm³/mol. The van der Waals surface area contributed by atoms with E-state index in [1.807, 2.05) is 77.7 Å². The number of anilines is 2. The molecule has 2 aromatic carbocycles. The molecule has 0 aliphatic rings. The number of carbonyl (C=O) groups is 2. The molecule has 10 heteroatoms. The lowest BCUT2D eigenvalue weighted by atomic mass is 10.0. The van der Waals surface area contributed by atoms with Gasteiger partial charge in [0.05, 0.1) is 19.9 Å². The van der Waals surface area contributed by atoms with Crippen LogP contribution in [0.5, 0.6) is 5.75 Å². The number of fused-ring (bicyclic) bond motifs is 2. The van der Waals surface area contributed by atoms with Gasteiger partial charge in [0.15, 0.2) is 0 Å². The number of rotatable bonds is 7. The van der Waals surface area contributed by atoms with E-state index in [0.29, 0.717) is 29.5 Å². The summed E-state index contributed by atoms with van der Waals surface area (Å²) in [6, 6.07) is 15.3. The molecule has 0 spiro atoms. The van der Waals surface area contributed by atoms with E-state index in [0.717, 1.165) is 37.7 Å². The molecule has 0 unspecified atom stereocenters. The number of benzene rings is 2. The Morgan fingerprint density at radius 1 is 1.15 bits per heavy atom. The van der Waals surface area contributed by atoms with Crippen molar-refractivity contribution < 1.29 is 19.1 Å². The average Bonchev–Trinajstić information content (AvgIpc) is 3.55. The molecule has 0 saturated heterocycles. The Labute approximate surface area is 228 Å². The van der Waals surface area contributed by atoms with Crippen molar-refractivity contribution in [3.63, 3.8) is 0 Å². The third-order valence-corrected chi connectivity index (χ3v) is 7.47. The quantitative estimate of drug-likeness (QED) is 0.244. The number of aromatic nitrogens is 2. The number of methoxy groups -OCH3 is 2. The smallest absolute Gasteiger partial charge is 0.407 e. The summed E-state index contributed by atoms with van der Waals surface area (Å²) in [5.74, 6) is 0.709. The summed E-state index contributed by atoms with van der Waals surface area (Å²) >= 11 is 1.55. The number of nitrogen functional groups attached to an aromatic ring is 1. The fourth-order valence-electron chi connectivity index (χ4n) is 4.47. The van der Waals surface area contributed by atoms with Crippen molar-refractivity contribution in [3.05, 3.63) is 77.4 Å². The number of pyridine rings is 1. The Morgan fingerprint density at radius 3 is 2.74 bits per heavy atom. The Balaban J connectivity index is 1.43. The van der Waals surface area contributed by atoms with Crippen molar-refractivity contribution >= 4 is 61.9 Å². The van der Waals surface area contributed by atoms with Gasteiger partial charge in [-0.25, -0.2) is 9.78 Å². The molecule has 0 fully saturated rings. The van der Waals surface area contributed by atoms with E-state index in [9.17, 15) is 9.59 Å². The summed E-state index contributed by atoms with van der Waals surface area (Å²) in [5.41, 5.74) is 11.1. The minimum atomic E-state index is -0.496. The van der Waals surface area contributed by atoms with Gasteiger partial charge in [-0.1, -0.05) is 36.4 Å². The zero-order chi connectivity index (χ0) is 27.5. The maximum Gasteiger partial charge on any atom is 0.407 e. The van der Waals surface area contributed by atoms with Gasteiger partial charge in [0.25, 0.3) is 5.91 Å². The molecule has 198 valence electrons. The van der Waals surface area contributed by atoms with Crippen LogP contribution >= 0.6 is 11.3 Å². The van der Waals surface area contributed by atoms with Crippen LogP contribution in [0.15, 0.2) is 66.2 Å². The van der Waals surface area contributed by atoms with Crippen LogP contribution in [0.4, 0.5) is 16.3 Å². The van der Waals surface area contributed by atoms with Crippen LogP contribution in [0, 0.1) is 0 Å². The molecule has 0 saturated carbocycles. The lowest BCUT2D eigenvalue weighted by Crippen LogP contribution is -2.22. The molecule has 2 amide bonds. The highest BCUT2D eigenvalue weighted by Crippen LogP contribution is 2.41. The summed E-state index contributed by atoms with van der Waals surface area (Å²) in [5, 5.41) is 9.44. The normalized spacial score (nSPS) is 11.3. The number of alkyl carbamates (subject to hydrolysis) is 1. The number of nitrogens with zero attached hydrogens (tertiary/aromatic N) is 2. The summed E-state index contributed by atoms with van der Waals surface area (Å²) in [4.78, 5) is 28.8. The first-order valence-corrected chi connectivity index (χ1v) is 13.0. The van der Waals surface area contributed by atoms with Crippen molar-refractivity contribution in [1.29, 1.82) is 0 Å². The molecule has 5 aromatic rings. The number of hydrogen-bond donors (Lipinski definition) is 3. The van der Waals surface area contributed by atoms with E-state index in [1.165, 1.54) is 7.11 Å². The lowest BCUT2D eigenvalue weighted by molar-refractivity contribution is 0.101. The Bertz CT molecular complexity index is 1740. The fourth-order valence-corrected chi connectivity index (χ4v) is 5.55. The molecule has 0 bridgehead atoms.